The highest BCUT2D eigenvalue weighted by molar-refractivity contribution is 7.90. The van der Waals surface area contributed by atoms with Gasteiger partial charge in [0.1, 0.15) is 0 Å². The van der Waals surface area contributed by atoms with Crippen LogP contribution in [0.15, 0.2) is 6.08 Å². The van der Waals surface area contributed by atoms with Crippen molar-refractivity contribution in [2.24, 2.45) is 5.73 Å². The average Bonchev–Trinajstić information content (AvgIpc) is 2.76. The number of carbonyl (C=O) groups is 2. The third-order valence-electron chi connectivity index (χ3n) is 2.90. The fourth-order valence-corrected chi connectivity index (χ4v) is 3.32. The van der Waals surface area contributed by atoms with Crippen LogP contribution in [0.25, 0.3) is 4.91 Å². The number of amides is 1. The quantitative estimate of drug-likeness (QED) is 0.642. The summed E-state index contributed by atoms with van der Waals surface area (Å²) in [5, 5.41) is 0. The highest BCUT2D eigenvalue weighted by atomic mass is 32.1. The molecular formula is C13H17NO2S2. The van der Waals surface area contributed by atoms with Crippen molar-refractivity contribution in [3.8, 4) is 0 Å². The van der Waals surface area contributed by atoms with E-state index in [1.54, 1.807) is 6.08 Å². The molecule has 98 valence electrons. The van der Waals surface area contributed by atoms with Gasteiger partial charge >= 0.3 is 0 Å². The topological polar surface area (TPSA) is 60.2 Å². The van der Waals surface area contributed by atoms with Gasteiger partial charge in [0, 0.05) is 15.3 Å². The van der Waals surface area contributed by atoms with Gasteiger partial charge in [-0.15, -0.1) is 24.0 Å². The lowest BCUT2D eigenvalue weighted by Crippen LogP contribution is -2.14. The maximum absolute atomic E-state index is 11.6. The number of aldehydes is 1. The van der Waals surface area contributed by atoms with Crippen molar-refractivity contribution in [2.75, 3.05) is 0 Å². The first kappa shape index (κ1) is 15.0. The standard InChI is InChI=1S/C13H17NO2S2/c1-4-7(3)11-8(6-15)10(13(14)16)12(18-11)9(17)5-2/h5-7,17H,4H2,1-3H3,(H2,14,16)/b9-5-. The zero-order valence-electron chi connectivity index (χ0n) is 10.7. The molecule has 18 heavy (non-hydrogen) atoms. The number of thiophene rings is 1. The molecule has 0 fully saturated rings. The Morgan fingerprint density at radius 1 is 1.56 bits per heavy atom. The summed E-state index contributed by atoms with van der Waals surface area (Å²) in [6.45, 7) is 5.90. The van der Waals surface area contributed by atoms with Crippen molar-refractivity contribution >= 4 is 41.1 Å². The van der Waals surface area contributed by atoms with E-state index in [0.29, 0.717) is 20.9 Å². The third-order valence-corrected chi connectivity index (χ3v) is 5.01. The lowest BCUT2D eigenvalue weighted by atomic mass is 10.00. The molecule has 1 heterocycles. The van der Waals surface area contributed by atoms with Crippen LogP contribution in [0.5, 0.6) is 0 Å². The average molecular weight is 283 g/mol. The molecule has 1 aromatic heterocycles. The second-order valence-electron chi connectivity index (χ2n) is 4.05. The summed E-state index contributed by atoms with van der Waals surface area (Å²) in [5.41, 5.74) is 6.11. The van der Waals surface area contributed by atoms with Crippen molar-refractivity contribution in [3.05, 3.63) is 27.0 Å². The number of hydrogen-bond donors (Lipinski definition) is 2. The summed E-state index contributed by atoms with van der Waals surface area (Å²) in [5.74, 6) is -0.355. The van der Waals surface area contributed by atoms with Crippen molar-refractivity contribution in [2.45, 2.75) is 33.1 Å². The molecule has 0 aliphatic rings. The van der Waals surface area contributed by atoms with Gasteiger partial charge in [0.25, 0.3) is 5.91 Å². The van der Waals surface area contributed by atoms with Crippen LogP contribution in [0.3, 0.4) is 0 Å². The van der Waals surface area contributed by atoms with Gasteiger partial charge in [0.15, 0.2) is 6.29 Å². The molecule has 1 rings (SSSR count). The molecular weight excluding hydrogens is 266 g/mol. The van der Waals surface area contributed by atoms with Crippen molar-refractivity contribution in [1.29, 1.82) is 0 Å². The van der Waals surface area contributed by atoms with Crippen LogP contribution in [0.4, 0.5) is 0 Å². The van der Waals surface area contributed by atoms with Crippen LogP contribution in [-0.4, -0.2) is 12.2 Å². The lowest BCUT2D eigenvalue weighted by molar-refractivity contribution is 0.0993. The summed E-state index contributed by atoms with van der Waals surface area (Å²) in [7, 11) is 0. The van der Waals surface area contributed by atoms with Gasteiger partial charge in [-0.05, 0) is 19.3 Å². The highest BCUT2D eigenvalue weighted by Crippen LogP contribution is 2.39. The number of carbonyl (C=O) groups excluding carboxylic acids is 2. The second kappa shape index (κ2) is 6.20. The van der Waals surface area contributed by atoms with Gasteiger partial charge in [-0.3, -0.25) is 9.59 Å². The molecule has 0 spiro atoms. The van der Waals surface area contributed by atoms with Crippen LogP contribution in [0, 0.1) is 0 Å². The Labute approximate surface area is 116 Å². The first-order valence-corrected chi connectivity index (χ1v) is 7.01. The zero-order valence-corrected chi connectivity index (χ0v) is 12.4. The number of primary amides is 1. The SMILES string of the molecule is C/C=C(\S)c1sc(C(C)CC)c(C=O)c1C(N)=O. The summed E-state index contributed by atoms with van der Waals surface area (Å²) in [6, 6.07) is 0. The van der Waals surface area contributed by atoms with Crippen molar-refractivity contribution in [1.82, 2.24) is 0 Å². The number of nitrogens with two attached hydrogens (primary N) is 1. The van der Waals surface area contributed by atoms with Crippen LogP contribution >= 0.6 is 24.0 Å². The number of rotatable bonds is 5. The maximum Gasteiger partial charge on any atom is 0.250 e. The lowest BCUT2D eigenvalue weighted by Gasteiger charge is -2.06. The van der Waals surface area contributed by atoms with Gasteiger partial charge < -0.3 is 5.73 Å². The molecule has 5 heteroatoms. The molecule has 1 unspecified atom stereocenters. The minimum atomic E-state index is -0.577. The van der Waals surface area contributed by atoms with Gasteiger partial charge in [-0.1, -0.05) is 19.9 Å². The molecule has 0 saturated carbocycles. The van der Waals surface area contributed by atoms with Crippen molar-refractivity contribution in [3.63, 3.8) is 0 Å². The molecule has 0 aromatic carbocycles. The van der Waals surface area contributed by atoms with E-state index >= 15 is 0 Å². The predicted octanol–water partition coefficient (Wildman–Crippen LogP) is 3.46. The summed E-state index contributed by atoms with van der Waals surface area (Å²) < 4.78 is 0. The van der Waals surface area contributed by atoms with Crippen LogP contribution in [0.1, 0.15) is 63.6 Å². The normalized spacial score (nSPS) is 13.4. The fraction of sp³-hybridized carbons (Fsp3) is 0.385. The molecule has 0 aliphatic heterocycles. The first-order valence-electron chi connectivity index (χ1n) is 5.75. The van der Waals surface area contributed by atoms with Crippen LogP contribution < -0.4 is 5.73 Å². The summed E-state index contributed by atoms with van der Waals surface area (Å²) >= 11 is 5.76. The Kier molecular flexibility index (Phi) is 5.16. The Balaban J connectivity index is 3.58. The fourth-order valence-electron chi connectivity index (χ4n) is 1.69. The molecule has 1 atom stereocenters. The van der Waals surface area contributed by atoms with Gasteiger partial charge in [0.05, 0.1) is 10.4 Å². The zero-order chi connectivity index (χ0) is 13.9. The largest absolute Gasteiger partial charge is 0.366 e. The predicted molar refractivity (Wildman–Crippen MR) is 79.6 cm³/mol. The van der Waals surface area contributed by atoms with Gasteiger partial charge in [-0.25, -0.2) is 0 Å². The Morgan fingerprint density at radius 3 is 2.56 bits per heavy atom. The van der Waals surface area contributed by atoms with E-state index < -0.39 is 5.91 Å². The molecule has 1 aromatic rings. The van der Waals surface area contributed by atoms with E-state index in [4.69, 9.17) is 5.73 Å². The first-order chi connectivity index (χ1) is 8.47. The van der Waals surface area contributed by atoms with E-state index in [1.165, 1.54) is 11.3 Å². The molecule has 3 nitrogen and oxygen atoms in total. The third kappa shape index (κ3) is 2.67. The van der Waals surface area contributed by atoms with E-state index in [2.05, 4.69) is 12.6 Å². The summed E-state index contributed by atoms with van der Waals surface area (Å²) in [4.78, 5) is 25.1. The molecule has 1 amide bonds. The monoisotopic (exact) mass is 283 g/mol. The number of allylic oxidation sites excluding steroid dienone is 1. The van der Waals surface area contributed by atoms with E-state index in [0.717, 1.165) is 17.6 Å². The Morgan fingerprint density at radius 2 is 2.17 bits per heavy atom. The molecule has 0 saturated heterocycles. The maximum atomic E-state index is 11.6. The minimum absolute atomic E-state index is 0.222. The smallest absolute Gasteiger partial charge is 0.250 e. The summed E-state index contributed by atoms with van der Waals surface area (Å²) in [6.07, 6.45) is 3.41. The Bertz CT molecular complexity index is 503. The number of hydrogen-bond acceptors (Lipinski definition) is 4. The second-order valence-corrected chi connectivity index (χ2v) is 5.58. The van der Waals surface area contributed by atoms with Gasteiger partial charge in [0.2, 0.25) is 0 Å². The van der Waals surface area contributed by atoms with Gasteiger partial charge in [-0.2, -0.15) is 0 Å². The molecule has 0 bridgehead atoms. The van der Waals surface area contributed by atoms with E-state index in [9.17, 15) is 9.59 Å². The van der Waals surface area contributed by atoms with Crippen molar-refractivity contribution < 1.29 is 9.59 Å². The molecule has 2 N–H and O–H groups in total. The molecule has 0 radical (unpaired) electrons. The molecule has 0 aliphatic carbocycles. The number of thiol groups is 1. The Hall–Kier alpha value is -1.07. The highest BCUT2D eigenvalue weighted by Gasteiger charge is 2.24. The van der Waals surface area contributed by atoms with Crippen LogP contribution in [-0.2, 0) is 0 Å². The van der Waals surface area contributed by atoms with E-state index in [1.807, 2.05) is 20.8 Å². The van der Waals surface area contributed by atoms with Crippen LogP contribution in [0.2, 0.25) is 0 Å². The van der Waals surface area contributed by atoms with E-state index in [-0.39, 0.29) is 5.92 Å². The minimum Gasteiger partial charge on any atom is -0.366 e.